The Balaban J connectivity index is 4.05. The van der Waals surface area contributed by atoms with E-state index in [-0.39, 0.29) is 31.1 Å². The molecule has 0 saturated heterocycles. The molecule has 0 aliphatic rings. The summed E-state index contributed by atoms with van der Waals surface area (Å²) < 4.78 is 16.9. The molecule has 1 unspecified atom stereocenters. The molecule has 0 aromatic rings. The SMILES string of the molecule is CCCCCCCCCC/C=C\CCCCCCCCCCCCCCCCCC(=O)OCC(COC(=O)CCCCCCCCCC)OC(=O)CCCCCCCCCCCCCCCCCCCCCCCCC. The molecule has 0 spiro atoms. The van der Waals surface area contributed by atoms with Gasteiger partial charge in [0.25, 0.3) is 0 Å². The lowest BCUT2D eigenvalue weighted by molar-refractivity contribution is -0.167. The molecule has 0 aromatic carbocycles. The van der Waals surface area contributed by atoms with Gasteiger partial charge in [0.2, 0.25) is 0 Å². The topological polar surface area (TPSA) is 78.9 Å². The zero-order valence-corrected chi connectivity index (χ0v) is 51.8. The normalized spacial score (nSPS) is 12.0. The summed E-state index contributed by atoms with van der Waals surface area (Å²) in [6.07, 6.45) is 78.4. The fourth-order valence-corrected chi connectivity index (χ4v) is 10.8. The van der Waals surface area contributed by atoms with Crippen LogP contribution in [0.3, 0.4) is 0 Å². The number of unbranched alkanes of at least 4 members (excludes halogenated alkanes) is 52. The van der Waals surface area contributed by atoms with Crippen LogP contribution < -0.4 is 0 Å². The van der Waals surface area contributed by atoms with Crippen LogP contribution in [0.4, 0.5) is 0 Å². The van der Waals surface area contributed by atoms with Crippen molar-refractivity contribution in [2.24, 2.45) is 0 Å². The first-order valence-corrected chi connectivity index (χ1v) is 34.7. The maximum Gasteiger partial charge on any atom is 0.306 e. The molecular weight excluding hydrogens is 937 g/mol. The molecule has 0 aromatic heterocycles. The molecule has 0 N–H and O–H groups in total. The van der Waals surface area contributed by atoms with Gasteiger partial charge in [-0.25, -0.2) is 0 Å². The second kappa shape index (κ2) is 65.7. The first-order valence-electron chi connectivity index (χ1n) is 34.7. The molecule has 6 nitrogen and oxygen atoms in total. The number of hydrogen-bond donors (Lipinski definition) is 0. The van der Waals surface area contributed by atoms with Gasteiger partial charge in [0.15, 0.2) is 6.10 Å². The van der Waals surface area contributed by atoms with Crippen molar-refractivity contribution in [3.05, 3.63) is 12.2 Å². The van der Waals surface area contributed by atoms with E-state index in [1.54, 1.807) is 0 Å². The van der Waals surface area contributed by atoms with Crippen LogP contribution in [0.1, 0.15) is 400 Å². The van der Waals surface area contributed by atoms with Crippen LogP contribution in [-0.2, 0) is 28.6 Å². The van der Waals surface area contributed by atoms with Gasteiger partial charge in [-0.3, -0.25) is 14.4 Å². The highest BCUT2D eigenvalue weighted by Crippen LogP contribution is 2.19. The molecule has 450 valence electrons. The molecule has 0 fully saturated rings. The Labute approximate surface area is 475 Å². The number of hydrogen-bond acceptors (Lipinski definition) is 6. The van der Waals surface area contributed by atoms with E-state index in [9.17, 15) is 14.4 Å². The van der Waals surface area contributed by atoms with Crippen LogP contribution in [0.5, 0.6) is 0 Å². The van der Waals surface area contributed by atoms with Crippen molar-refractivity contribution in [1.82, 2.24) is 0 Å². The highest BCUT2D eigenvalue weighted by Gasteiger charge is 2.19. The lowest BCUT2D eigenvalue weighted by Gasteiger charge is -2.18. The number of rotatable bonds is 65. The summed E-state index contributed by atoms with van der Waals surface area (Å²) in [6, 6.07) is 0. The minimum Gasteiger partial charge on any atom is -0.462 e. The van der Waals surface area contributed by atoms with Gasteiger partial charge in [0, 0.05) is 19.3 Å². The first kappa shape index (κ1) is 74.2. The highest BCUT2D eigenvalue weighted by molar-refractivity contribution is 5.71. The van der Waals surface area contributed by atoms with Crippen molar-refractivity contribution >= 4 is 17.9 Å². The molecule has 0 aliphatic heterocycles. The fraction of sp³-hybridized carbons (Fsp3) is 0.929. The number of ether oxygens (including phenoxy) is 3. The lowest BCUT2D eigenvalue weighted by atomic mass is 10.0. The van der Waals surface area contributed by atoms with E-state index in [0.717, 1.165) is 57.8 Å². The summed E-state index contributed by atoms with van der Waals surface area (Å²) in [5, 5.41) is 0. The van der Waals surface area contributed by atoms with Crippen molar-refractivity contribution in [3.63, 3.8) is 0 Å². The molecule has 0 amide bonds. The zero-order chi connectivity index (χ0) is 55.0. The van der Waals surface area contributed by atoms with Crippen molar-refractivity contribution in [2.45, 2.75) is 406 Å². The smallest absolute Gasteiger partial charge is 0.306 e. The number of carbonyl (C=O) groups is 3. The first-order chi connectivity index (χ1) is 37.5. The van der Waals surface area contributed by atoms with E-state index in [2.05, 4.69) is 32.9 Å². The van der Waals surface area contributed by atoms with Gasteiger partial charge in [-0.15, -0.1) is 0 Å². The van der Waals surface area contributed by atoms with Crippen molar-refractivity contribution in [3.8, 4) is 0 Å². The summed E-state index contributed by atoms with van der Waals surface area (Å²) in [5.41, 5.74) is 0. The summed E-state index contributed by atoms with van der Waals surface area (Å²) in [4.78, 5) is 38.2. The molecule has 0 rings (SSSR count). The van der Waals surface area contributed by atoms with E-state index in [0.29, 0.717) is 19.3 Å². The fourth-order valence-electron chi connectivity index (χ4n) is 10.8. The Morgan fingerprint density at radius 2 is 0.434 bits per heavy atom. The minimum atomic E-state index is -0.764. The quantitative estimate of drug-likeness (QED) is 0.0261. The molecule has 0 aliphatic carbocycles. The molecular formula is C70H134O6. The molecule has 0 heterocycles. The van der Waals surface area contributed by atoms with E-state index in [4.69, 9.17) is 14.2 Å². The Bertz CT molecular complexity index is 1180. The van der Waals surface area contributed by atoms with E-state index in [1.807, 2.05) is 0 Å². The zero-order valence-electron chi connectivity index (χ0n) is 51.8. The third kappa shape index (κ3) is 63.0. The Morgan fingerprint density at radius 1 is 0.250 bits per heavy atom. The van der Waals surface area contributed by atoms with E-state index < -0.39 is 6.10 Å². The third-order valence-corrected chi connectivity index (χ3v) is 16.0. The van der Waals surface area contributed by atoms with Crippen LogP contribution >= 0.6 is 0 Å². The second-order valence-electron chi connectivity index (χ2n) is 23.8. The van der Waals surface area contributed by atoms with Crippen LogP contribution in [0.15, 0.2) is 12.2 Å². The van der Waals surface area contributed by atoms with Gasteiger partial charge in [-0.1, -0.05) is 348 Å². The maximum absolute atomic E-state index is 12.9. The van der Waals surface area contributed by atoms with Gasteiger partial charge in [0.1, 0.15) is 13.2 Å². The van der Waals surface area contributed by atoms with Crippen LogP contribution in [0, 0.1) is 0 Å². The number of carbonyl (C=O) groups excluding carboxylic acids is 3. The van der Waals surface area contributed by atoms with Crippen LogP contribution in [0.2, 0.25) is 0 Å². The third-order valence-electron chi connectivity index (χ3n) is 16.0. The van der Waals surface area contributed by atoms with Crippen molar-refractivity contribution in [2.75, 3.05) is 13.2 Å². The molecule has 0 saturated carbocycles. The lowest BCUT2D eigenvalue weighted by Crippen LogP contribution is -2.30. The van der Waals surface area contributed by atoms with Gasteiger partial charge >= 0.3 is 17.9 Å². The monoisotopic (exact) mass is 1070 g/mol. The molecule has 76 heavy (non-hydrogen) atoms. The standard InChI is InChI=1S/C70H134O6/c1-4-7-10-13-16-19-21-23-25-27-29-31-33-34-35-36-38-39-41-43-45-47-49-51-54-57-60-63-69(72)75-66-67(65-74-68(71)62-59-56-53-18-15-12-9-6-3)76-70(73)64-61-58-55-52-50-48-46-44-42-40-37-32-30-28-26-24-22-20-17-14-11-8-5-2/h27,29,67H,4-26,28,30-66H2,1-3H3/b29-27-. The van der Waals surface area contributed by atoms with Crippen molar-refractivity contribution in [1.29, 1.82) is 0 Å². The van der Waals surface area contributed by atoms with Crippen LogP contribution in [-0.4, -0.2) is 37.2 Å². The Kier molecular flexibility index (Phi) is 64.1. The maximum atomic E-state index is 12.9. The number of esters is 3. The van der Waals surface area contributed by atoms with E-state index >= 15 is 0 Å². The van der Waals surface area contributed by atoms with E-state index in [1.165, 1.54) is 302 Å². The average molecular weight is 1070 g/mol. The summed E-state index contributed by atoms with van der Waals surface area (Å²) in [5.74, 6) is -0.836. The van der Waals surface area contributed by atoms with Gasteiger partial charge in [-0.2, -0.15) is 0 Å². The van der Waals surface area contributed by atoms with Gasteiger partial charge < -0.3 is 14.2 Å². The molecule has 6 heteroatoms. The summed E-state index contributed by atoms with van der Waals surface area (Å²) in [6.45, 7) is 6.69. The average Bonchev–Trinajstić information content (AvgIpc) is 3.42. The second-order valence-corrected chi connectivity index (χ2v) is 23.8. The Morgan fingerprint density at radius 3 is 0.658 bits per heavy atom. The van der Waals surface area contributed by atoms with Gasteiger partial charge in [0.05, 0.1) is 0 Å². The largest absolute Gasteiger partial charge is 0.462 e. The van der Waals surface area contributed by atoms with Crippen molar-refractivity contribution < 1.29 is 28.6 Å². The summed E-state index contributed by atoms with van der Waals surface area (Å²) >= 11 is 0. The highest BCUT2D eigenvalue weighted by atomic mass is 16.6. The predicted octanol–water partition coefficient (Wildman–Crippen LogP) is 23.6. The predicted molar refractivity (Wildman–Crippen MR) is 330 cm³/mol. The summed E-state index contributed by atoms with van der Waals surface area (Å²) in [7, 11) is 0. The minimum absolute atomic E-state index is 0.0632. The van der Waals surface area contributed by atoms with Gasteiger partial charge in [-0.05, 0) is 44.9 Å². The molecule has 0 radical (unpaired) electrons. The molecule has 0 bridgehead atoms. The number of allylic oxidation sites excluding steroid dienone is 2. The molecule has 1 atom stereocenters. The van der Waals surface area contributed by atoms with Crippen LogP contribution in [0.25, 0.3) is 0 Å². The Hall–Kier alpha value is -1.85.